The summed E-state index contributed by atoms with van der Waals surface area (Å²) in [5, 5.41) is 6.41. The predicted octanol–water partition coefficient (Wildman–Crippen LogP) is 4.27. The summed E-state index contributed by atoms with van der Waals surface area (Å²) in [6.07, 6.45) is -2.41. The van der Waals surface area contributed by atoms with E-state index < -0.39 is 11.7 Å². The summed E-state index contributed by atoms with van der Waals surface area (Å²) < 4.78 is 49.2. The Bertz CT molecular complexity index is 925. The molecule has 3 heterocycles. The van der Waals surface area contributed by atoms with Gasteiger partial charge in [0.15, 0.2) is 5.88 Å². The number of nitrogens with one attached hydrogen (secondary N) is 1. The van der Waals surface area contributed by atoms with Gasteiger partial charge in [-0.25, -0.2) is 0 Å². The zero-order valence-electron chi connectivity index (χ0n) is 15.5. The molecule has 0 unspecified atom stereocenters. The number of amides is 1. The summed E-state index contributed by atoms with van der Waals surface area (Å²) in [5.74, 6) is 0.809. The van der Waals surface area contributed by atoms with Gasteiger partial charge in [-0.1, -0.05) is 17.3 Å². The SMILES string of the molecule is C=C1OC[C@H]2C[C@@H](CC(=O)Nc3cc(-c4cccc(C(F)(F)F)c4)no3)CCN12. The zero-order valence-corrected chi connectivity index (χ0v) is 15.5. The molecule has 9 heteroatoms. The molecule has 2 fully saturated rings. The molecule has 2 aliphatic heterocycles. The molecule has 2 aliphatic rings. The number of anilines is 1. The molecule has 29 heavy (non-hydrogen) atoms. The number of nitrogens with zero attached hydrogens (tertiary/aromatic N) is 2. The second-order valence-corrected chi connectivity index (χ2v) is 7.35. The van der Waals surface area contributed by atoms with Crippen LogP contribution in [-0.2, 0) is 15.7 Å². The van der Waals surface area contributed by atoms with E-state index >= 15 is 0 Å². The lowest BCUT2D eigenvalue weighted by molar-refractivity contribution is -0.137. The van der Waals surface area contributed by atoms with Crippen molar-refractivity contribution in [1.29, 1.82) is 0 Å². The number of benzene rings is 1. The first-order valence-electron chi connectivity index (χ1n) is 9.32. The number of piperidine rings is 1. The van der Waals surface area contributed by atoms with Crippen LogP contribution in [0.2, 0.25) is 0 Å². The molecule has 0 spiro atoms. The van der Waals surface area contributed by atoms with Crippen LogP contribution in [0.4, 0.5) is 19.1 Å². The van der Waals surface area contributed by atoms with Gasteiger partial charge in [0.25, 0.3) is 0 Å². The highest BCUT2D eigenvalue weighted by Gasteiger charge is 2.35. The van der Waals surface area contributed by atoms with Gasteiger partial charge in [0.1, 0.15) is 12.3 Å². The molecule has 2 atom stereocenters. The molecule has 1 N–H and O–H groups in total. The number of alkyl halides is 3. The van der Waals surface area contributed by atoms with Crippen LogP contribution in [0.1, 0.15) is 24.8 Å². The van der Waals surface area contributed by atoms with Crippen LogP contribution in [0.3, 0.4) is 0 Å². The lowest BCUT2D eigenvalue weighted by Crippen LogP contribution is -2.39. The third-order valence-corrected chi connectivity index (χ3v) is 5.32. The minimum Gasteiger partial charge on any atom is -0.477 e. The highest BCUT2D eigenvalue weighted by Crippen LogP contribution is 2.34. The third-order valence-electron chi connectivity index (χ3n) is 5.32. The summed E-state index contributed by atoms with van der Waals surface area (Å²) in [6.45, 7) is 5.27. The lowest BCUT2D eigenvalue weighted by Gasteiger charge is -2.33. The molecule has 1 aromatic carbocycles. The Labute approximate surface area is 165 Å². The first kappa shape index (κ1) is 19.4. The molecule has 4 rings (SSSR count). The van der Waals surface area contributed by atoms with Crippen molar-refractivity contribution in [2.45, 2.75) is 31.5 Å². The largest absolute Gasteiger partial charge is 0.477 e. The van der Waals surface area contributed by atoms with E-state index in [9.17, 15) is 18.0 Å². The van der Waals surface area contributed by atoms with Crippen LogP contribution in [0.25, 0.3) is 11.3 Å². The van der Waals surface area contributed by atoms with E-state index in [1.54, 1.807) is 0 Å². The monoisotopic (exact) mass is 407 g/mol. The number of aromatic nitrogens is 1. The molecule has 6 nitrogen and oxygen atoms in total. The Morgan fingerprint density at radius 1 is 1.34 bits per heavy atom. The molecule has 1 amide bonds. The maximum Gasteiger partial charge on any atom is 0.416 e. The summed E-state index contributed by atoms with van der Waals surface area (Å²) in [5.41, 5.74) is -0.285. The van der Waals surface area contributed by atoms with Crippen molar-refractivity contribution in [3.05, 3.63) is 48.4 Å². The average Bonchev–Trinajstić information content (AvgIpc) is 3.28. The molecule has 0 aliphatic carbocycles. The molecule has 0 bridgehead atoms. The number of carbonyl (C=O) groups is 1. The van der Waals surface area contributed by atoms with Crippen LogP contribution < -0.4 is 5.32 Å². The third kappa shape index (κ3) is 4.23. The van der Waals surface area contributed by atoms with Crippen molar-refractivity contribution >= 4 is 11.8 Å². The molecular weight excluding hydrogens is 387 g/mol. The topological polar surface area (TPSA) is 67.6 Å². The van der Waals surface area contributed by atoms with Gasteiger partial charge in [-0.15, -0.1) is 0 Å². The summed E-state index contributed by atoms with van der Waals surface area (Å²) >= 11 is 0. The summed E-state index contributed by atoms with van der Waals surface area (Å²) in [7, 11) is 0. The van der Waals surface area contributed by atoms with Crippen LogP contribution in [0.5, 0.6) is 0 Å². The summed E-state index contributed by atoms with van der Waals surface area (Å²) in [6, 6.07) is 6.47. The van der Waals surface area contributed by atoms with Crippen LogP contribution in [0, 0.1) is 5.92 Å². The molecule has 154 valence electrons. The van der Waals surface area contributed by atoms with Gasteiger partial charge >= 0.3 is 6.18 Å². The van der Waals surface area contributed by atoms with Crippen LogP contribution in [-0.4, -0.2) is 35.2 Å². The first-order valence-corrected chi connectivity index (χ1v) is 9.32. The van der Waals surface area contributed by atoms with Crippen molar-refractivity contribution in [3.8, 4) is 11.3 Å². The standard InChI is InChI=1S/C20H20F3N3O3/c1-12-26-6-5-13(7-16(26)11-28-12)8-18(27)24-19-10-17(25-29-19)14-3-2-4-15(9-14)20(21,22)23/h2-4,9-10,13,16H,1,5-8,11H2,(H,24,27)/t13-,16+/m0/s1. The fourth-order valence-corrected chi connectivity index (χ4v) is 3.86. The highest BCUT2D eigenvalue weighted by atomic mass is 19.4. The van der Waals surface area contributed by atoms with Crippen molar-refractivity contribution in [2.24, 2.45) is 5.92 Å². The average molecular weight is 407 g/mol. The molecule has 0 radical (unpaired) electrons. The van der Waals surface area contributed by atoms with Crippen molar-refractivity contribution in [2.75, 3.05) is 18.5 Å². The number of hydrogen-bond donors (Lipinski definition) is 1. The number of halogens is 3. The van der Waals surface area contributed by atoms with Crippen molar-refractivity contribution in [3.63, 3.8) is 0 Å². The molecule has 1 aromatic heterocycles. The van der Waals surface area contributed by atoms with Gasteiger partial charge in [-0.05, 0) is 37.5 Å². The van der Waals surface area contributed by atoms with Gasteiger partial charge in [0.05, 0.1) is 11.6 Å². The second kappa shape index (κ2) is 7.46. The fraction of sp³-hybridized carbons (Fsp3) is 0.400. The van der Waals surface area contributed by atoms with E-state index in [-0.39, 0.29) is 35.0 Å². The number of carbonyl (C=O) groups excluding carboxylic acids is 1. The number of rotatable bonds is 4. The van der Waals surface area contributed by atoms with E-state index in [4.69, 9.17) is 9.26 Å². The van der Waals surface area contributed by atoms with E-state index in [0.717, 1.165) is 31.5 Å². The van der Waals surface area contributed by atoms with Gasteiger partial charge < -0.3 is 14.2 Å². The summed E-state index contributed by atoms with van der Waals surface area (Å²) in [4.78, 5) is 14.5. The van der Waals surface area contributed by atoms with Gasteiger partial charge in [-0.3, -0.25) is 10.1 Å². The van der Waals surface area contributed by atoms with E-state index in [0.29, 0.717) is 18.9 Å². The first-order chi connectivity index (χ1) is 13.8. The Balaban J connectivity index is 1.36. The maximum absolute atomic E-state index is 12.9. The van der Waals surface area contributed by atoms with Gasteiger partial charge in [-0.2, -0.15) is 13.2 Å². The highest BCUT2D eigenvalue weighted by molar-refractivity contribution is 5.90. The van der Waals surface area contributed by atoms with E-state index in [1.165, 1.54) is 18.2 Å². The Hall–Kier alpha value is -2.97. The maximum atomic E-state index is 12.9. The van der Waals surface area contributed by atoms with E-state index in [2.05, 4.69) is 22.0 Å². The zero-order chi connectivity index (χ0) is 20.6. The second-order valence-electron chi connectivity index (χ2n) is 7.35. The smallest absolute Gasteiger partial charge is 0.416 e. The molecule has 2 saturated heterocycles. The number of fused-ring (bicyclic) bond motifs is 1. The van der Waals surface area contributed by atoms with Gasteiger partial charge in [0, 0.05) is 24.6 Å². The van der Waals surface area contributed by atoms with Crippen LogP contribution in [0.15, 0.2) is 47.3 Å². The molecular formula is C20H20F3N3O3. The Morgan fingerprint density at radius 3 is 2.97 bits per heavy atom. The normalized spacial score (nSPS) is 21.6. The van der Waals surface area contributed by atoms with Gasteiger partial charge in [0.2, 0.25) is 11.8 Å². The number of hydrogen-bond acceptors (Lipinski definition) is 5. The predicted molar refractivity (Wildman–Crippen MR) is 98.5 cm³/mol. The minimum absolute atomic E-state index is 0.109. The Kier molecular flexibility index (Phi) is 4.97. The van der Waals surface area contributed by atoms with Crippen LogP contribution >= 0.6 is 0 Å². The van der Waals surface area contributed by atoms with Crippen molar-refractivity contribution in [1.82, 2.24) is 10.1 Å². The number of ether oxygens (including phenoxy) is 1. The van der Waals surface area contributed by atoms with Crippen molar-refractivity contribution < 1.29 is 27.2 Å². The molecule has 2 aromatic rings. The molecule has 0 saturated carbocycles. The fourth-order valence-electron chi connectivity index (χ4n) is 3.86. The Morgan fingerprint density at radius 2 is 2.17 bits per heavy atom. The van der Waals surface area contributed by atoms with E-state index in [1.807, 2.05) is 0 Å². The quantitative estimate of drug-likeness (QED) is 0.820. The lowest BCUT2D eigenvalue weighted by atomic mass is 9.89. The minimum atomic E-state index is -4.44.